The average molecular weight is 356 g/mol. The van der Waals surface area contributed by atoms with E-state index in [1.165, 1.54) is 24.3 Å². The number of phenolic OH excluding ortho intramolecular Hbond substituents is 2. The van der Waals surface area contributed by atoms with Crippen LogP contribution in [0.4, 0.5) is 0 Å². The molecular weight excluding hydrogens is 336 g/mol. The van der Waals surface area contributed by atoms with Crippen molar-refractivity contribution in [2.75, 3.05) is 0 Å². The molecule has 2 aromatic rings. The fraction of sp³-hybridized carbons (Fsp3) is 0.300. The Morgan fingerprint density at radius 2 is 1.04 bits per heavy atom. The van der Waals surface area contributed by atoms with Gasteiger partial charge in [-0.05, 0) is 49.9 Å². The number of carbonyl (C=O) groups is 2. The molecule has 2 N–H and O–H groups in total. The van der Waals surface area contributed by atoms with Gasteiger partial charge in [-0.15, -0.1) is 0 Å². The number of ether oxygens (including phenoxy) is 2. The molecule has 0 radical (unpaired) electrons. The van der Waals surface area contributed by atoms with Gasteiger partial charge in [0.2, 0.25) is 0 Å². The highest BCUT2D eigenvalue weighted by Gasteiger charge is 2.28. The summed E-state index contributed by atoms with van der Waals surface area (Å²) in [5.41, 5.74) is 0.279. The number of para-hydroxylation sites is 2. The Hall–Kier alpha value is -3.02. The first-order valence-corrected chi connectivity index (χ1v) is 8.52. The highest BCUT2D eigenvalue weighted by Crippen LogP contribution is 2.27. The van der Waals surface area contributed by atoms with Crippen molar-refractivity contribution in [2.24, 2.45) is 0 Å². The summed E-state index contributed by atoms with van der Waals surface area (Å²) in [6, 6.07) is 12.5. The molecule has 0 aliphatic heterocycles. The Morgan fingerprint density at radius 3 is 1.38 bits per heavy atom. The van der Waals surface area contributed by atoms with Crippen LogP contribution in [0.15, 0.2) is 48.5 Å². The zero-order valence-electron chi connectivity index (χ0n) is 14.1. The summed E-state index contributed by atoms with van der Waals surface area (Å²) in [5.74, 6) is -1.33. The van der Waals surface area contributed by atoms with E-state index >= 15 is 0 Å². The van der Waals surface area contributed by atoms with Gasteiger partial charge in [-0.25, -0.2) is 9.59 Å². The molecule has 1 fully saturated rings. The molecule has 6 nitrogen and oxygen atoms in total. The van der Waals surface area contributed by atoms with Crippen molar-refractivity contribution in [3.05, 3.63) is 59.7 Å². The van der Waals surface area contributed by atoms with Crippen molar-refractivity contribution in [3.63, 3.8) is 0 Å². The molecule has 0 aromatic heterocycles. The Bertz CT molecular complexity index is 725. The molecule has 0 saturated heterocycles. The lowest BCUT2D eigenvalue weighted by Gasteiger charge is -2.28. The number of hydrogen-bond donors (Lipinski definition) is 2. The van der Waals surface area contributed by atoms with E-state index in [0.29, 0.717) is 25.7 Å². The molecule has 1 aliphatic carbocycles. The Labute approximate surface area is 151 Å². The maximum absolute atomic E-state index is 12.1. The molecule has 136 valence electrons. The summed E-state index contributed by atoms with van der Waals surface area (Å²) in [4.78, 5) is 24.2. The molecule has 1 saturated carbocycles. The van der Waals surface area contributed by atoms with E-state index in [-0.39, 0.29) is 34.8 Å². The number of rotatable bonds is 4. The van der Waals surface area contributed by atoms with Crippen molar-refractivity contribution in [1.82, 2.24) is 0 Å². The molecule has 0 heterocycles. The van der Waals surface area contributed by atoms with Gasteiger partial charge in [0.05, 0.1) is 0 Å². The second-order valence-electron chi connectivity index (χ2n) is 6.24. The summed E-state index contributed by atoms with van der Waals surface area (Å²) < 4.78 is 10.9. The average Bonchev–Trinajstić information content (AvgIpc) is 2.64. The van der Waals surface area contributed by atoms with Gasteiger partial charge in [0.1, 0.15) is 34.8 Å². The van der Waals surface area contributed by atoms with Gasteiger partial charge in [0.15, 0.2) is 0 Å². The third-order valence-electron chi connectivity index (χ3n) is 4.42. The fourth-order valence-electron chi connectivity index (χ4n) is 2.99. The van der Waals surface area contributed by atoms with Gasteiger partial charge in [-0.1, -0.05) is 24.3 Å². The molecule has 26 heavy (non-hydrogen) atoms. The summed E-state index contributed by atoms with van der Waals surface area (Å²) in [7, 11) is 0. The van der Waals surface area contributed by atoms with Gasteiger partial charge in [0, 0.05) is 0 Å². The van der Waals surface area contributed by atoms with E-state index in [1.807, 2.05) is 0 Å². The molecule has 6 heteroatoms. The molecule has 2 aromatic carbocycles. The number of esters is 2. The summed E-state index contributed by atoms with van der Waals surface area (Å²) in [6.07, 6.45) is 1.72. The largest absolute Gasteiger partial charge is 0.507 e. The Morgan fingerprint density at radius 1 is 0.692 bits per heavy atom. The minimum Gasteiger partial charge on any atom is -0.507 e. The highest BCUT2D eigenvalue weighted by molar-refractivity contribution is 5.93. The molecule has 0 bridgehead atoms. The zero-order chi connectivity index (χ0) is 18.5. The van der Waals surface area contributed by atoms with Crippen molar-refractivity contribution in [1.29, 1.82) is 0 Å². The lowest BCUT2D eigenvalue weighted by molar-refractivity contribution is -0.0111. The second-order valence-corrected chi connectivity index (χ2v) is 6.24. The predicted molar refractivity (Wildman–Crippen MR) is 93.1 cm³/mol. The minimum absolute atomic E-state index is 0.109. The molecule has 3 rings (SSSR count). The van der Waals surface area contributed by atoms with Crippen LogP contribution in [0.3, 0.4) is 0 Å². The van der Waals surface area contributed by atoms with Crippen LogP contribution in [-0.2, 0) is 9.47 Å². The number of benzene rings is 2. The van der Waals surface area contributed by atoms with Crippen LogP contribution in [-0.4, -0.2) is 34.4 Å². The van der Waals surface area contributed by atoms with E-state index in [0.717, 1.165) is 0 Å². The maximum Gasteiger partial charge on any atom is 0.342 e. The standard InChI is InChI=1S/C20H20O6/c21-17-7-3-1-5-15(17)19(23)25-13-9-11-14(12-10-13)26-20(24)16-6-2-4-8-18(16)22/h1-8,13-14,21-22H,9-12H2. The normalized spacial score (nSPS) is 19.5. The molecule has 0 unspecified atom stereocenters. The van der Waals surface area contributed by atoms with Crippen LogP contribution in [0.1, 0.15) is 46.4 Å². The quantitative estimate of drug-likeness (QED) is 0.816. The lowest BCUT2D eigenvalue weighted by atomic mass is 9.94. The monoisotopic (exact) mass is 356 g/mol. The topological polar surface area (TPSA) is 93.1 Å². The van der Waals surface area contributed by atoms with Gasteiger partial charge in [-0.3, -0.25) is 0 Å². The first-order chi connectivity index (χ1) is 12.5. The van der Waals surface area contributed by atoms with Crippen molar-refractivity contribution in [2.45, 2.75) is 37.9 Å². The smallest absolute Gasteiger partial charge is 0.342 e. The predicted octanol–water partition coefficient (Wildman–Crippen LogP) is 3.42. The third-order valence-corrected chi connectivity index (χ3v) is 4.42. The van der Waals surface area contributed by atoms with Crippen molar-refractivity contribution >= 4 is 11.9 Å². The molecular formula is C20H20O6. The van der Waals surface area contributed by atoms with Crippen molar-refractivity contribution < 1.29 is 29.3 Å². The van der Waals surface area contributed by atoms with Crippen LogP contribution in [0.2, 0.25) is 0 Å². The lowest BCUT2D eigenvalue weighted by Crippen LogP contribution is -2.29. The summed E-state index contributed by atoms with van der Waals surface area (Å²) in [6.45, 7) is 0. The van der Waals surface area contributed by atoms with E-state index < -0.39 is 11.9 Å². The third kappa shape index (κ3) is 4.14. The van der Waals surface area contributed by atoms with E-state index in [9.17, 15) is 19.8 Å². The number of aromatic hydroxyl groups is 2. The summed E-state index contributed by atoms with van der Waals surface area (Å²) in [5, 5.41) is 19.4. The Balaban J connectivity index is 1.50. The fourth-order valence-corrected chi connectivity index (χ4v) is 2.99. The zero-order valence-corrected chi connectivity index (χ0v) is 14.1. The Kier molecular flexibility index (Phi) is 5.41. The van der Waals surface area contributed by atoms with Crippen LogP contribution >= 0.6 is 0 Å². The van der Waals surface area contributed by atoms with Crippen molar-refractivity contribution in [3.8, 4) is 11.5 Å². The number of phenols is 2. The first kappa shape index (κ1) is 17.8. The maximum atomic E-state index is 12.1. The van der Waals surface area contributed by atoms with Crippen LogP contribution in [0.5, 0.6) is 11.5 Å². The van der Waals surface area contributed by atoms with E-state index in [1.54, 1.807) is 24.3 Å². The minimum atomic E-state index is -0.558. The van der Waals surface area contributed by atoms with Crippen LogP contribution in [0, 0.1) is 0 Å². The SMILES string of the molecule is O=C(OC1CCC(OC(=O)c2ccccc2O)CC1)c1ccccc1O. The molecule has 0 atom stereocenters. The van der Waals surface area contributed by atoms with Gasteiger partial charge in [0.25, 0.3) is 0 Å². The number of hydrogen-bond acceptors (Lipinski definition) is 6. The van der Waals surface area contributed by atoms with Crippen LogP contribution < -0.4 is 0 Å². The summed E-state index contributed by atoms with van der Waals surface area (Å²) >= 11 is 0. The van der Waals surface area contributed by atoms with Gasteiger partial charge in [-0.2, -0.15) is 0 Å². The van der Waals surface area contributed by atoms with Gasteiger partial charge < -0.3 is 19.7 Å². The molecule has 1 aliphatic rings. The first-order valence-electron chi connectivity index (χ1n) is 8.52. The van der Waals surface area contributed by atoms with E-state index in [4.69, 9.17) is 9.47 Å². The molecule has 0 amide bonds. The van der Waals surface area contributed by atoms with Crippen LogP contribution in [0.25, 0.3) is 0 Å². The second kappa shape index (κ2) is 7.91. The van der Waals surface area contributed by atoms with E-state index in [2.05, 4.69) is 0 Å². The van der Waals surface area contributed by atoms with Gasteiger partial charge >= 0.3 is 11.9 Å². The highest BCUT2D eigenvalue weighted by atomic mass is 16.6. The number of carbonyl (C=O) groups excluding carboxylic acids is 2. The molecule has 0 spiro atoms.